The highest BCUT2D eigenvalue weighted by atomic mass is 19.4. The maximum absolute atomic E-state index is 12.6. The summed E-state index contributed by atoms with van der Waals surface area (Å²) in [6, 6.07) is 16.5. The molecular weight excluding hydrogens is 391 g/mol. The van der Waals surface area contributed by atoms with Crippen LogP contribution < -0.4 is 5.32 Å². The Morgan fingerprint density at radius 3 is 2.30 bits per heavy atom. The monoisotopic (exact) mass is 413 g/mol. The summed E-state index contributed by atoms with van der Waals surface area (Å²) < 4.78 is 37.9. The normalized spacial score (nSPS) is 15.5. The Kier molecular flexibility index (Phi) is 6.78. The molecule has 1 aliphatic heterocycles. The second-order valence-electron chi connectivity index (χ2n) is 7.31. The van der Waals surface area contributed by atoms with Crippen LogP contribution in [0.1, 0.15) is 24.0 Å². The van der Waals surface area contributed by atoms with E-state index in [-0.39, 0.29) is 11.5 Å². The first-order valence-corrected chi connectivity index (χ1v) is 9.74. The number of rotatable bonds is 5. The third-order valence-electron chi connectivity index (χ3n) is 5.22. The number of alkyl halides is 3. The van der Waals surface area contributed by atoms with Gasteiger partial charge in [-0.25, -0.2) is 0 Å². The van der Waals surface area contributed by atoms with Crippen molar-refractivity contribution >= 4 is 11.6 Å². The molecule has 1 saturated heterocycles. The van der Waals surface area contributed by atoms with Crippen LogP contribution in [0.2, 0.25) is 0 Å². The Morgan fingerprint density at radius 1 is 1.10 bits per heavy atom. The number of nitrogens with zero attached hydrogens (tertiary/aromatic N) is 2. The maximum Gasteiger partial charge on any atom is 0.416 e. The standard InChI is InChI=1S/C23H22F3N3O/c24-23(25,26)20-6-8-21(9-7-20)28-16-19(15-27)22(30)29-12-10-18(11-13-29)14-17-4-2-1-3-5-17/h1-9,16,18,28H,10-14H2/b19-16-. The van der Waals surface area contributed by atoms with Crippen molar-refractivity contribution in [2.24, 2.45) is 5.92 Å². The van der Waals surface area contributed by atoms with Gasteiger partial charge in [-0.3, -0.25) is 4.79 Å². The lowest BCUT2D eigenvalue weighted by molar-refractivity contribution is -0.137. The molecule has 2 aromatic rings. The number of benzene rings is 2. The highest BCUT2D eigenvalue weighted by Gasteiger charge is 2.30. The van der Waals surface area contributed by atoms with Crippen LogP contribution in [-0.2, 0) is 17.4 Å². The summed E-state index contributed by atoms with van der Waals surface area (Å²) in [5, 5.41) is 12.1. The summed E-state index contributed by atoms with van der Waals surface area (Å²) in [7, 11) is 0. The van der Waals surface area contributed by atoms with Gasteiger partial charge in [-0.1, -0.05) is 30.3 Å². The molecule has 0 atom stereocenters. The number of nitriles is 1. The van der Waals surface area contributed by atoms with Gasteiger partial charge in [0, 0.05) is 25.0 Å². The highest BCUT2D eigenvalue weighted by molar-refractivity contribution is 5.97. The van der Waals surface area contributed by atoms with Gasteiger partial charge in [0.05, 0.1) is 5.56 Å². The van der Waals surface area contributed by atoms with Crippen molar-refractivity contribution in [3.05, 3.63) is 77.5 Å². The minimum atomic E-state index is -4.41. The van der Waals surface area contributed by atoms with Crippen LogP contribution in [0.25, 0.3) is 0 Å². The molecule has 0 radical (unpaired) electrons. The van der Waals surface area contributed by atoms with E-state index in [0.29, 0.717) is 24.7 Å². The molecule has 7 heteroatoms. The van der Waals surface area contributed by atoms with Gasteiger partial charge in [-0.05, 0) is 55.0 Å². The van der Waals surface area contributed by atoms with Crippen LogP contribution >= 0.6 is 0 Å². The summed E-state index contributed by atoms with van der Waals surface area (Å²) in [6.07, 6.45) is -0.452. The Morgan fingerprint density at radius 2 is 1.73 bits per heavy atom. The van der Waals surface area contributed by atoms with Crippen LogP contribution in [0.3, 0.4) is 0 Å². The fraction of sp³-hybridized carbons (Fsp3) is 0.304. The Labute approximate surface area is 173 Å². The average Bonchev–Trinajstić information content (AvgIpc) is 2.75. The maximum atomic E-state index is 12.6. The van der Waals surface area contributed by atoms with Gasteiger partial charge in [0.2, 0.25) is 0 Å². The van der Waals surface area contributed by atoms with Gasteiger partial charge >= 0.3 is 6.18 Å². The van der Waals surface area contributed by atoms with E-state index < -0.39 is 11.7 Å². The molecule has 1 amide bonds. The number of nitrogens with one attached hydrogen (secondary N) is 1. The molecule has 0 unspecified atom stereocenters. The second kappa shape index (κ2) is 9.49. The molecule has 0 bridgehead atoms. The molecule has 0 spiro atoms. The smallest absolute Gasteiger partial charge is 0.360 e. The Balaban J connectivity index is 1.55. The summed E-state index contributed by atoms with van der Waals surface area (Å²) >= 11 is 0. The molecule has 0 aliphatic carbocycles. The van der Waals surface area contributed by atoms with Crippen LogP contribution in [0.15, 0.2) is 66.4 Å². The second-order valence-corrected chi connectivity index (χ2v) is 7.31. The van der Waals surface area contributed by atoms with E-state index in [1.807, 2.05) is 24.3 Å². The molecule has 30 heavy (non-hydrogen) atoms. The number of likely N-dealkylation sites (tertiary alicyclic amines) is 1. The third kappa shape index (κ3) is 5.63. The number of amides is 1. The van der Waals surface area contributed by atoms with Crippen LogP contribution in [-0.4, -0.2) is 23.9 Å². The van der Waals surface area contributed by atoms with Crippen LogP contribution in [0.4, 0.5) is 18.9 Å². The Bertz CT molecular complexity index is 923. The van der Waals surface area contributed by atoms with Crippen molar-refractivity contribution in [2.45, 2.75) is 25.4 Å². The quantitative estimate of drug-likeness (QED) is 0.554. The van der Waals surface area contributed by atoms with E-state index in [4.69, 9.17) is 0 Å². The summed E-state index contributed by atoms with van der Waals surface area (Å²) in [4.78, 5) is 14.3. The van der Waals surface area contributed by atoms with Crippen LogP contribution in [0, 0.1) is 17.2 Å². The lowest BCUT2D eigenvalue weighted by Gasteiger charge is -2.32. The predicted octanol–water partition coefficient (Wildman–Crippen LogP) is 5.01. The van der Waals surface area contributed by atoms with Gasteiger partial charge in [0.25, 0.3) is 5.91 Å². The number of halogens is 3. The first-order chi connectivity index (χ1) is 14.4. The van der Waals surface area contributed by atoms with Crippen molar-refractivity contribution in [2.75, 3.05) is 18.4 Å². The van der Waals surface area contributed by atoms with Crippen LogP contribution in [0.5, 0.6) is 0 Å². The van der Waals surface area contributed by atoms with E-state index in [2.05, 4.69) is 17.4 Å². The minimum absolute atomic E-state index is 0.0728. The zero-order valence-electron chi connectivity index (χ0n) is 16.3. The molecule has 4 nitrogen and oxygen atoms in total. The molecule has 2 aromatic carbocycles. The third-order valence-corrected chi connectivity index (χ3v) is 5.22. The molecule has 156 valence electrons. The molecule has 1 aliphatic rings. The molecule has 0 saturated carbocycles. The van der Waals surface area contributed by atoms with Crippen molar-refractivity contribution in [3.63, 3.8) is 0 Å². The fourth-order valence-corrected chi connectivity index (χ4v) is 3.51. The zero-order chi connectivity index (χ0) is 21.6. The lowest BCUT2D eigenvalue weighted by Crippen LogP contribution is -2.39. The number of carbonyl (C=O) groups is 1. The van der Waals surface area contributed by atoms with Gasteiger partial charge in [-0.2, -0.15) is 18.4 Å². The summed E-state index contributed by atoms with van der Waals surface area (Å²) in [5.41, 5.74) is 0.814. The van der Waals surface area contributed by atoms with Crippen molar-refractivity contribution in [3.8, 4) is 6.07 Å². The largest absolute Gasteiger partial charge is 0.416 e. The first kappa shape index (κ1) is 21.4. The lowest BCUT2D eigenvalue weighted by atomic mass is 9.90. The van der Waals surface area contributed by atoms with Crippen molar-refractivity contribution in [1.29, 1.82) is 5.26 Å². The van der Waals surface area contributed by atoms with Crippen molar-refractivity contribution < 1.29 is 18.0 Å². The summed E-state index contributed by atoms with van der Waals surface area (Å²) in [6.45, 7) is 1.16. The van der Waals surface area contributed by atoms with Gasteiger partial charge in [0.15, 0.2) is 0 Å². The van der Waals surface area contributed by atoms with Crippen molar-refractivity contribution in [1.82, 2.24) is 4.90 Å². The zero-order valence-corrected chi connectivity index (χ0v) is 16.3. The minimum Gasteiger partial charge on any atom is -0.360 e. The van der Waals surface area contributed by atoms with E-state index in [9.17, 15) is 23.2 Å². The topological polar surface area (TPSA) is 56.1 Å². The number of anilines is 1. The first-order valence-electron chi connectivity index (χ1n) is 9.74. The number of hydrogen-bond donors (Lipinski definition) is 1. The predicted molar refractivity (Wildman–Crippen MR) is 108 cm³/mol. The van der Waals surface area contributed by atoms with E-state index in [1.165, 1.54) is 23.9 Å². The molecule has 0 aromatic heterocycles. The van der Waals surface area contributed by atoms with Gasteiger partial charge in [-0.15, -0.1) is 0 Å². The van der Waals surface area contributed by atoms with E-state index in [1.54, 1.807) is 4.90 Å². The molecule has 1 heterocycles. The number of piperidine rings is 1. The van der Waals surface area contributed by atoms with E-state index in [0.717, 1.165) is 31.4 Å². The molecule has 3 rings (SSSR count). The molecule has 1 N–H and O–H groups in total. The molecule has 1 fully saturated rings. The number of hydrogen-bond acceptors (Lipinski definition) is 3. The van der Waals surface area contributed by atoms with E-state index >= 15 is 0 Å². The summed E-state index contributed by atoms with van der Waals surface area (Å²) in [5.74, 6) is 0.131. The average molecular weight is 413 g/mol. The van der Waals surface area contributed by atoms with Gasteiger partial charge < -0.3 is 10.2 Å². The molecular formula is C23H22F3N3O. The van der Waals surface area contributed by atoms with Gasteiger partial charge in [0.1, 0.15) is 11.6 Å². The Hall–Kier alpha value is -3.27. The fourth-order valence-electron chi connectivity index (χ4n) is 3.51. The number of carbonyl (C=O) groups excluding carboxylic acids is 1. The highest BCUT2D eigenvalue weighted by Crippen LogP contribution is 2.30. The SMILES string of the molecule is N#C/C(=C/Nc1ccc(C(F)(F)F)cc1)C(=O)N1CCC(Cc2ccccc2)CC1.